The highest BCUT2D eigenvalue weighted by Crippen LogP contribution is 2.30. The predicted molar refractivity (Wildman–Crippen MR) is 56.6 cm³/mol. The zero-order chi connectivity index (χ0) is 13.9. The Balaban J connectivity index is 2.75. The summed E-state index contributed by atoms with van der Waals surface area (Å²) >= 11 is 0. The van der Waals surface area contributed by atoms with Crippen LogP contribution in [0, 0.1) is 23.2 Å². The van der Waals surface area contributed by atoms with E-state index in [1.807, 2.05) is 6.92 Å². The lowest BCUT2D eigenvalue weighted by Crippen LogP contribution is -2.50. The van der Waals surface area contributed by atoms with Crippen LogP contribution in [0.3, 0.4) is 0 Å². The molecule has 3 unspecified atom stereocenters. The number of carboxylic acid groups (broad SMARTS) is 1. The molecule has 0 aromatic carbocycles. The lowest BCUT2D eigenvalue weighted by molar-refractivity contribution is -0.169. The molecule has 0 aromatic heterocycles. The van der Waals surface area contributed by atoms with Crippen LogP contribution in [0.1, 0.15) is 19.8 Å². The molecule has 1 rings (SSSR count). The van der Waals surface area contributed by atoms with Crippen molar-refractivity contribution in [3.8, 4) is 6.07 Å². The molecule has 1 N–H and O–H groups in total. The van der Waals surface area contributed by atoms with E-state index in [9.17, 15) is 18.0 Å². The Labute approximate surface area is 103 Å². The fourth-order valence-corrected chi connectivity index (χ4v) is 2.12. The molecule has 0 spiro atoms. The van der Waals surface area contributed by atoms with Crippen molar-refractivity contribution in [2.24, 2.45) is 11.8 Å². The summed E-state index contributed by atoms with van der Waals surface area (Å²) in [5, 5.41) is 17.5. The van der Waals surface area contributed by atoms with Gasteiger partial charge in [-0.15, -0.1) is 0 Å². The number of rotatable bonds is 3. The maximum Gasteiger partial charge on any atom is 0.405 e. The average Bonchev–Trinajstić information content (AvgIpc) is 2.25. The van der Waals surface area contributed by atoms with E-state index in [2.05, 4.69) is 0 Å². The van der Waals surface area contributed by atoms with E-state index >= 15 is 0 Å². The number of carbonyl (C=O) groups is 1. The molecule has 1 saturated heterocycles. The number of alkyl halides is 3. The van der Waals surface area contributed by atoms with Crippen molar-refractivity contribution in [3.63, 3.8) is 0 Å². The molecule has 7 heteroatoms. The quantitative estimate of drug-likeness (QED) is 0.845. The number of carboxylic acids is 1. The van der Waals surface area contributed by atoms with Crippen LogP contribution in [-0.2, 0) is 4.79 Å². The Bertz CT molecular complexity index is 351. The van der Waals surface area contributed by atoms with Gasteiger partial charge in [-0.1, -0.05) is 6.92 Å². The molecule has 3 atom stereocenters. The number of nitriles is 1. The first-order valence-corrected chi connectivity index (χ1v) is 5.69. The Morgan fingerprint density at radius 1 is 1.61 bits per heavy atom. The third kappa shape index (κ3) is 3.60. The monoisotopic (exact) mass is 264 g/mol. The fourth-order valence-electron chi connectivity index (χ4n) is 2.12. The highest BCUT2D eigenvalue weighted by molar-refractivity contribution is 5.73. The van der Waals surface area contributed by atoms with Crippen LogP contribution in [0.4, 0.5) is 13.2 Å². The number of nitrogens with zero attached hydrogens (tertiary/aromatic N) is 2. The third-order valence-electron chi connectivity index (χ3n) is 3.23. The second-order valence-corrected chi connectivity index (χ2v) is 4.70. The molecule has 102 valence electrons. The number of likely N-dealkylation sites (tertiary alicyclic amines) is 1. The van der Waals surface area contributed by atoms with Crippen LogP contribution in [0.15, 0.2) is 0 Å². The van der Waals surface area contributed by atoms with Crippen molar-refractivity contribution in [2.75, 3.05) is 13.1 Å². The van der Waals surface area contributed by atoms with E-state index in [-0.39, 0.29) is 12.5 Å². The van der Waals surface area contributed by atoms with E-state index in [4.69, 9.17) is 10.4 Å². The predicted octanol–water partition coefficient (Wildman–Crippen LogP) is 1.87. The summed E-state index contributed by atoms with van der Waals surface area (Å²) in [6.45, 7) is 1.59. The van der Waals surface area contributed by atoms with Crippen molar-refractivity contribution in [1.29, 1.82) is 5.26 Å². The van der Waals surface area contributed by atoms with Gasteiger partial charge in [0, 0.05) is 6.54 Å². The standard InChI is InChI=1S/C11H15F3N2O2/c1-7-2-3-16(9(4-7)10(17)18)6-8(5-15)11(12,13)14/h7-9H,2-4,6H2,1H3,(H,17,18). The topological polar surface area (TPSA) is 64.3 Å². The highest BCUT2D eigenvalue weighted by Gasteiger charge is 2.43. The molecule has 1 heterocycles. The highest BCUT2D eigenvalue weighted by atomic mass is 19.4. The zero-order valence-corrected chi connectivity index (χ0v) is 9.94. The SMILES string of the molecule is CC1CCN(CC(C#N)C(F)(F)F)C(C(=O)O)C1. The van der Waals surface area contributed by atoms with Crippen LogP contribution >= 0.6 is 0 Å². The first kappa shape index (κ1) is 14.8. The minimum Gasteiger partial charge on any atom is -0.480 e. The normalized spacial score (nSPS) is 27.5. The van der Waals surface area contributed by atoms with Gasteiger partial charge in [0.25, 0.3) is 0 Å². The average molecular weight is 264 g/mol. The largest absolute Gasteiger partial charge is 0.480 e. The van der Waals surface area contributed by atoms with Crippen molar-refractivity contribution in [3.05, 3.63) is 0 Å². The molecule has 1 aliphatic heterocycles. The molecule has 0 radical (unpaired) electrons. The number of piperidine rings is 1. The second kappa shape index (κ2) is 5.57. The Morgan fingerprint density at radius 2 is 2.22 bits per heavy atom. The Hall–Kier alpha value is -1.29. The summed E-state index contributed by atoms with van der Waals surface area (Å²) in [6, 6.07) is 0.276. The molecule has 18 heavy (non-hydrogen) atoms. The molecule has 1 aliphatic rings. The smallest absolute Gasteiger partial charge is 0.405 e. The van der Waals surface area contributed by atoms with Gasteiger partial charge in [-0.05, 0) is 25.3 Å². The lowest BCUT2D eigenvalue weighted by Gasteiger charge is -2.37. The summed E-state index contributed by atoms with van der Waals surface area (Å²) in [6.07, 6.45) is -3.63. The number of hydrogen-bond donors (Lipinski definition) is 1. The van der Waals surface area contributed by atoms with Gasteiger partial charge in [0.1, 0.15) is 6.04 Å². The van der Waals surface area contributed by atoms with E-state index in [0.717, 1.165) is 0 Å². The molecule has 4 nitrogen and oxygen atoms in total. The van der Waals surface area contributed by atoms with Gasteiger partial charge in [-0.3, -0.25) is 9.69 Å². The first-order valence-electron chi connectivity index (χ1n) is 5.69. The van der Waals surface area contributed by atoms with E-state index in [1.54, 1.807) is 0 Å². The van der Waals surface area contributed by atoms with E-state index in [1.165, 1.54) is 11.0 Å². The molecule has 0 saturated carbocycles. The zero-order valence-electron chi connectivity index (χ0n) is 9.94. The van der Waals surface area contributed by atoms with Crippen molar-refractivity contribution >= 4 is 5.97 Å². The van der Waals surface area contributed by atoms with Gasteiger partial charge in [-0.2, -0.15) is 18.4 Å². The van der Waals surface area contributed by atoms with Gasteiger partial charge < -0.3 is 5.11 Å². The van der Waals surface area contributed by atoms with Gasteiger partial charge in [0.15, 0.2) is 5.92 Å². The lowest BCUT2D eigenvalue weighted by atomic mass is 9.91. The van der Waals surface area contributed by atoms with E-state index in [0.29, 0.717) is 12.8 Å². The fraction of sp³-hybridized carbons (Fsp3) is 0.818. The molecule has 1 fully saturated rings. The molecule has 0 bridgehead atoms. The summed E-state index contributed by atoms with van der Waals surface area (Å²) in [5.74, 6) is -3.08. The second-order valence-electron chi connectivity index (χ2n) is 4.70. The van der Waals surface area contributed by atoms with Gasteiger partial charge in [0.05, 0.1) is 6.07 Å². The molecular formula is C11H15F3N2O2. The van der Waals surface area contributed by atoms with Crippen LogP contribution in [0.25, 0.3) is 0 Å². The Morgan fingerprint density at radius 3 is 2.67 bits per heavy atom. The maximum atomic E-state index is 12.5. The maximum absolute atomic E-state index is 12.5. The summed E-state index contributed by atoms with van der Waals surface area (Å²) in [7, 11) is 0. The summed E-state index contributed by atoms with van der Waals surface area (Å²) in [5.41, 5.74) is 0. The van der Waals surface area contributed by atoms with Crippen LogP contribution in [0.5, 0.6) is 0 Å². The number of aliphatic carboxylic acids is 1. The molecule has 0 aromatic rings. The van der Waals surface area contributed by atoms with Crippen molar-refractivity contribution in [1.82, 2.24) is 4.90 Å². The molecule has 0 amide bonds. The first-order chi connectivity index (χ1) is 8.25. The molecular weight excluding hydrogens is 249 g/mol. The van der Waals surface area contributed by atoms with Crippen LogP contribution < -0.4 is 0 Å². The van der Waals surface area contributed by atoms with Crippen molar-refractivity contribution in [2.45, 2.75) is 32.0 Å². The minimum absolute atomic E-state index is 0.175. The number of halogens is 3. The van der Waals surface area contributed by atoms with Gasteiger partial charge >= 0.3 is 12.1 Å². The Kier molecular flexibility index (Phi) is 4.57. The summed E-state index contributed by atoms with van der Waals surface area (Å²) < 4.78 is 37.5. The summed E-state index contributed by atoms with van der Waals surface area (Å²) in [4.78, 5) is 12.3. The van der Waals surface area contributed by atoms with Gasteiger partial charge in [0.2, 0.25) is 0 Å². The minimum atomic E-state index is -4.61. The van der Waals surface area contributed by atoms with Gasteiger partial charge in [-0.25, -0.2) is 0 Å². The van der Waals surface area contributed by atoms with Crippen LogP contribution in [0.2, 0.25) is 0 Å². The van der Waals surface area contributed by atoms with Crippen LogP contribution in [-0.4, -0.2) is 41.3 Å². The molecule has 0 aliphatic carbocycles. The third-order valence-corrected chi connectivity index (χ3v) is 3.23. The van der Waals surface area contributed by atoms with E-state index < -0.39 is 30.7 Å². The van der Waals surface area contributed by atoms with Crippen molar-refractivity contribution < 1.29 is 23.1 Å². The number of hydrogen-bond acceptors (Lipinski definition) is 3.